The molecule has 2 rings (SSSR count). The molecule has 0 spiro atoms. The second-order valence-corrected chi connectivity index (χ2v) is 6.61. The van der Waals surface area contributed by atoms with Gasteiger partial charge in [0, 0.05) is 17.7 Å². The molecule has 1 aromatic heterocycles. The van der Waals surface area contributed by atoms with Gasteiger partial charge in [-0.3, -0.25) is 15.6 Å². The highest BCUT2D eigenvalue weighted by Gasteiger charge is 2.11. The molecule has 25 heavy (non-hydrogen) atoms. The van der Waals surface area contributed by atoms with E-state index in [1.165, 1.54) is 5.56 Å². The lowest BCUT2D eigenvalue weighted by molar-refractivity contribution is -0.121. The molecule has 0 aliphatic heterocycles. The quantitative estimate of drug-likeness (QED) is 0.560. The molecule has 2 aromatic rings. The predicted molar refractivity (Wildman–Crippen MR) is 102 cm³/mol. The Morgan fingerprint density at radius 3 is 2.44 bits per heavy atom. The van der Waals surface area contributed by atoms with Gasteiger partial charge in [-0.1, -0.05) is 31.1 Å². The third kappa shape index (κ3) is 5.56. The van der Waals surface area contributed by atoms with Gasteiger partial charge >= 0.3 is 0 Å². The SMILES string of the molecule is Cc1noc(C)c1CCC(=O)NNC(=S)Nc1ccc(C(C)C)cc1. The van der Waals surface area contributed by atoms with Crippen LogP contribution in [0.2, 0.25) is 0 Å². The van der Waals surface area contributed by atoms with Crippen LogP contribution in [0.3, 0.4) is 0 Å². The van der Waals surface area contributed by atoms with E-state index in [9.17, 15) is 4.79 Å². The highest BCUT2D eigenvalue weighted by molar-refractivity contribution is 7.80. The number of anilines is 1. The van der Waals surface area contributed by atoms with Crippen LogP contribution in [0.25, 0.3) is 0 Å². The minimum Gasteiger partial charge on any atom is -0.361 e. The van der Waals surface area contributed by atoms with Crippen molar-refractivity contribution in [1.29, 1.82) is 0 Å². The van der Waals surface area contributed by atoms with E-state index in [4.69, 9.17) is 16.7 Å². The van der Waals surface area contributed by atoms with Crippen LogP contribution in [0.4, 0.5) is 5.69 Å². The standard InChI is InChI=1S/C18H24N4O2S/c1-11(2)14-5-7-15(8-6-14)19-18(25)21-20-17(23)10-9-16-12(3)22-24-13(16)4/h5-8,11H,9-10H2,1-4H3,(H,20,23)(H2,19,21,25). The van der Waals surface area contributed by atoms with Crippen molar-refractivity contribution in [1.82, 2.24) is 16.0 Å². The van der Waals surface area contributed by atoms with Crippen molar-refractivity contribution in [2.75, 3.05) is 5.32 Å². The van der Waals surface area contributed by atoms with Crippen LogP contribution >= 0.6 is 12.2 Å². The average molecular weight is 360 g/mol. The second kappa shape index (κ2) is 8.62. The molecule has 1 heterocycles. The average Bonchev–Trinajstić information content (AvgIpc) is 2.90. The van der Waals surface area contributed by atoms with Gasteiger partial charge in [-0.2, -0.15) is 0 Å². The molecule has 0 bridgehead atoms. The van der Waals surface area contributed by atoms with E-state index in [0.717, 1.165) is 22.7 Å². The third-order valence-corrected chi connectivity index (χ3v) is 4.14. The summed E-state index contributed by atoms with van der Waals surface area (Å²) < 4.78 is 5.09. The molecule has 0 atom stereocenters. The molecule has 0 aliphatic rings. The van der Waals surface area contributed by atoms with Crippen molar-refractivity contribution in [3.8, 4) is 0 Å². The van der Waals surface area contributed by atoms with Crippen LogP contribution in [0.1, 0.15) is 48.8 Å². The summed E-state index contributed by atoms with van der Waals surface area (Å²) in [5.74, 6) is 1.08. The molecule has 0 saturated heterocycles. The number of carbonyl (C=O) groups excluding carboxylic acids is 1. The van der Waals surface area contributed by atoms with Gasteiger partial charge in [0.1, 0.15) is 5.76 Å². The number of amides is 1. The minimum atomic E-state index is -0.153. The Kier molecular flexibility index (Phi) is 6.52. The number of aromatic nitrogens is 1. The van der Waals surface area contributed by atoms with Crippen molar-refractivity contribution >= 4 is 28.9 Å². The van der Waals surface area contributed by atoms with Gasteiger partial charge in [-0.15, -0.1) is 0 Å². The maximum absolute atomic E-state index is 11.9. The molecule has 3 N–H and O–H groups in total. The molecule has 0 aliphatic carbocycles. The number of carbonyl (C=O) groups is 1. The van der Waals surface area contributed by atoms with Gasteiger partial charge < -0.3 is 9.84 Å². The van der Waals surface area contributed by atoms with Gasteiger partial charge in [0.05, 0.1) is 5.69 Å². The summed E-state index contributed by atoms with van der Waals surface area (Å²) in [6.45, 7) is 8.00. The zero-order chi connectivity index (χ0) is 18.4. The Balaban J connectivity index is 1.74. The van der Waals surface area contributed by atoms with Gasteiger partial charge in [0.15, 0.2) is 5.11 Å². The zero-order valence-corrected chi connectivity index (χ0v) is 15.8. The van der Waals surface area contributed by atoms with Crippen LogP contribution in [0.5, 0.6) is 0 Å². The number of benzene rings is 1. The van der Waals surface area contributed by atoms with E-state index < -0.39 is 0 Å². The number of nitrogens with zero attached hydrogens (tertiary/aromatic N) is 1. The molecule has 1 amide bonds. The number of nitrogens with one attached hydrogen (secondary N) is 3. The summed E-state index contributed by atoms with van der Waals surface area (Å²) in [6, 6.07) is 8.03. The number of hydrogen-bond acceptors (Lipinski definition) is 4. The first-order chi connectivity index (χ1) is 11.9. The summed E-state index contributed by atoms with van der Waals surface area (Å²) in [4.78, 5) is 11.9. The Morgan fingerprint density at radius 2 is 1.88 bits per heavy atom. The minimum absolute atomic E-state index is 0.153. The number of hydrazine groups is 1. The monoisotopic (exact) mass is 360 g/mol. The van der Waals surface area contributed by atoms with E-state index in [-0.39, 0.29) is 5.91 Å². The van der Waals surface area contributed by atoms with Crippen molar-refractivity contribution in [2.24, 2.45) is 0 Å². The molecule has 0 radical (unpaired) electrons. The summed E-state index contributed by atoms with van der Waals surface area (Å²) >= 11 is 5.18. The van der Waals surface area contributed by atoms with Crippen LogP contribution in [0, 0.1) is 13.8 Å². The van der Waals surface area contributed by atoms with Gasteiger partial charge in [0.2, 0.25) is 5.91 Å². The molecule has 1 aromatic carbocycles. The smallest absolute Gasteiger partial charge is 0.238 e. The Labute approximate surface area is 153 Å². The molecular weight excluding hydrogens is 336 g/mol. The lowest BCUT2D eigenvalue weighted by Crippen LogP contribution is -2.43. The normalized spacial score (nSPS) is 10.6. The first-order valence-corrected chi connectivity index (χ1v) is 8.65. The van der Waals surface area contributed by atoms with Crippen molar-refractivity contribution in [2.45, 2.75) is 46.5 Å². The topological polar surface area (TPSA) is 79.2 Å². The predicted octanol–water partition coefficient (Wildman–Crippen LogP) is 3.37. The summed E-state index contributed by atoms with van der Waals surface area (Å²) in [7, 11) is 0. The van der Waals surface area contributed by atoms with E-state index in [2.05, 4.69) is 47.3 Å². The first kappa shape index (κ1) is 18.9. The van der Waals surface area contributed by atoms with Gasteiger partial charge in [-0.25, -0.2) is 0 Å². The molecule has 134 valence electrons. The van der Waals surface area contributed by atoms with E-state index >= 15 is 0 Å². The summed E-state index contributed by atoms with van der Waals surface area (Å²) in [6.07, 6.45) is 0.896. The molecule has 6 nitrogen and oxygen atoms in total. The van der Waals surface area contributed by atoms with Crippen molar-refractivity contribution < 1.29 is 9.32 Å². The maximum Gasteiger partial charge on any atom is 0.238 e. The fraction of sp³-hybridized carbons (Fsp3) is 0.389. The number of hydrogen-bond donors (Lipinski definition) is 3. The van der Waals surface area contributed by atoms with Crippen LogP contribution in [0.15, 0.2) is 28.8 Å². The fourth-order valence-electron chi connectivity index (χ4n) is 2.40. The number of rotatable bonds is 5. The highest BCUT2D eigenvalue weighted by atomic mass is 32.1. The lowest BCUT2D eigenvalue weighted by Gasteiger charge is -2.12. The Hall–Kier alpha value is -2.41. The molecule has 0 unspecified atom stereocenters. The molecular formula is C18H24N4O2S. The van der Waals surface area contributed by atoms with E-state index in [1.54, 1.807) is 0 Å². The van der Waals surface area contributed by atoms with Gasteiger partial charge in [0.25, 0.3) is 0 Å². The zero-order valence-electron chi connectivity index (χ0n) is 15.0. The van der Waals surface area contributed by atoms with E-state index in [1.807, 2.05) is 26.0 Å². The summed E-state index contributed by atoms with van der Waals surface area (Å²) in [5.41, 5.74) is 9.22. The van der Waals surface area contributed by atoms with Crippen LogP contribution in [-0.2, 0) is 11.2 Å². The lowest BCUT2D eigenvalue weighted by atomic mass is 10.0. The number of aryl methyl sites for hydroxylation is 2. The number of thiocarbonyl (C=S) groups is 1. The fourth-order valence-corrected chi connectivity index (χ4v) is 2.57. The van der Waals surface area contributed by atoms with Crippen LogP contribution in [-0.4, -0.2) is 16.2 Å². The van der Waals surface area contributed by atoms with Crippen molar-refractivity contribution in [3.05, 3.63) is 46.8 Å². The maximum atomic E-state index is 11.9. The third-order valence-electron chi connectivity index (χ3n) is 3.93. The van der Waals surface area contributed by atoms with E-state index in [0.29, 0.717) is 23.9 Å². The summed E-state index contributed by atoms with van der Waals surface area (Å²) in [5, 5.41) is 7.25. The van der Waals surface area contributed by atoms with Crippen LogP contribution < -0.4 is 16.2 Å². The van der Waals surface area contributed by atoms with Gasteiger partial charge in [-0.05, 0) is 56.1 Å². The first-order valence-electron chi connectivity index (χ1n) is 8.24. The molecule has 0 saturated carbocycles. The largest absolute Gasteiger partial charge is 0.361 e. The molecule has 0 fully saturated rings. The second-order valence-electron chi connectivity index (χ2n) is 6.21. The Bertz CT molecular complexity index is 719. The molecule has 7 heteroatoms. The van der Waals surface area contributed by atoms with Crippen molar-refractivity contribution in [3.63, 3.8) is 0 Å². The Morgan fingerprint density at radius 1 is 1.20 bits per heavy atom. The highest BCUT2D eigenvalue weighted by Crippen LogP contribution is 2.17.